The van der Waals surface area contributed by atoms with Gasteiger partial charge < -0.3 is 9.64 Å². The van der Waals surface area contributed by atoms with Crippen molar-refractivity contribution >= 4 is 28.7 Å². The highest BCUT2D eigenvalue weighted by atomic mass is 16.5. The average Bonchev–Trinajstić information content (AvgIpc) is 2.93. The number of hydrogen-bond acceptors (Lipinski definition) is 6. The summed E-state index contributed by atoms with van der Waals surface area (Å²) in [6.45, 7) is 6.23. The van der Waals surface area contributed by atoms with Gasteiger partial charge in [-0.1, -0.05) is 36.4 Å². The topological polar surface area (TPSA) is 84.8 Å². The van der Waals surface area contributed by atoms with Crippen LogP contribution in [0.4, 0.5) is 17.1 Å². The van der Waals surface area contributed by atoms with Crippen LogP contribution in [0.3, 0.4) is 0 Å². The predicted octanol–water partition coefficient (Wildman–Crippen LogP) is 7.61. The Hall–Kier alpha value is -4.68. The molecule has 1 aliphatic heterocycles. The van der Waals surface area contributed by atoms with Gasteiger partial charge in [0.05, 0.1) is 11.4 Å². The minimum Gasteiger partial charge on any atom is -0.485 e. The number of anilines is 1. The van der Waals surface area contributed by atoms with Crippen LogP contribution in [0, 0.1) is 22.7 Å². The number of para-hydroxylation sites is 1. The highest BCUT2D eigenvalue weighted by Gasteiger charge is 2.24. The Kier molecular flexibility index (Phi) is 7.90. The van der Waals surface area contributed by atoms with Gasteiger partial charge in [0.25, 0.3) is 0 Å². The Bertz CT molecular complexity index is 1350. The molecule has 0 spiro atoms. The lowest BCUT2D eigenvalue weighted by Crippen LogP contribution is -2.21. The minimum atomic E-state index is -0.273. The summed E-state index contributed by atoms with van der Waals surface area (Å²) in [6, 6.07) is 27.4. The van der Waals surface area contributed by atoms with E-state index in [1.54, 1.807) is 0 Å². The quantitative estimate of drug-likeness (QED) is 0.261. The highest BCUT2D eigenvalue weighted by molar-refractivity contribution is 5.80. The normalized spacial score (nSPS) is 14.7. The monoisotopic (exact) mass is 473 g/mol. The first kappa shape index (κ1) is 24.4. The Morgan fingerprint density at radius 3 is 2.14 bits per heavy atom. The molecule has 1 atom stereocenters. The number of fused-ring (bicyclic) bond motifs is 1. The fourth-order valence-electron chi connectivity index (χ4n) is 4.14. The van der Waals surface area contributed by atoms with Crippen LogP contribution in [-0.4, -0.2) is 19.2 Å². The van der Waals surface area contributed by atoms with Gasteiger partial charge in [0, 0.05) is 30.8 Å². The maximum Gasteiger partial charge on any atom is 0.133 e. The van der Waals surface area contributed by atoms with Gasteiger partial charge in [0.15, 0.2) is 0 Å². The first-order valence-corrected chi connectivity index (χ1v) is 12.0. The van der Waals surface area contributed by atoms with Crippen LogP contribution in [0.5, 0.6) is 5.75 Å². The molecule has 0 saturated heterocycles. The van der Waals surface area contributed by atoms with E-state index in [1.807, 2.05) is 85.0 Å². The number of ether oxygens (including phenoxy) is 1. The number of nitriles is 2. The molecule has 0 radical (unpaired) electrons. The van der Waals surface area contributed by atoms with Crippen LogP contribution in [0.2, 0.25) is 0 Å². The molecule has 0 fully saturated rings. The smallest absolute Gasteiger partial charge is 0.133 e. The third-order valence-electron chi connectivity index (χ3n) is 6.08. The van der Waals surface area contributed by atoms with Gasteiger partial charge in [0.2, 0.25) is 0 Å². The zero-order valence-electron chi connectivity index (χ0n) is 20.4. The van der Waals surface area contributed by atoms with Crippen molar-refractivity contribution in [3.63, 3.8) is 0 Å². The molecule has 3 aromatic rings. The van der Waals surface area contributed by atoms with Crippen LogP contribution in [0.1, 0.15) is 31.4 Å². The van der Waals surface area contributed by atoms with E-state index < -0.39 is 0 Å². The number of hydrogen-bond donors (Lipinski definition) is 0. The largest absolute Gasteiger partial charge is 0.485 e. The van der Waals surface area contributed by atoms with Gasteiger partial charge >= 0.3 is 0 Å². The SMILES string of the molecule is CCN(CC)c1ccc(N=Nc2ccc(/C=C/C3CC(=C(C#N)C#N)c4ccccc4O3)cc2)cc1. The Balaban J connectivity index is 1.43. The molecule has 0 aromatic heterocycles. The van der Waals surface area contributed by atoms with Crippen LogP contribution >= 0.6 is 0 Å². The highest BCUT2D eigenvalue weighted by Crippen LogP contribution is 2.37. The number of allylic oxidation sites excluding steroid dienone is 1. The summed E-state index contributed by atoms with van der Waals surface area (Å²) in [5, 5.41) is 27.5. The Morgan fingerprint density at radius 2 is 1.53 bits per heavy atom. The van der Waals surface area contributed by atoms with E-state index in [0.29, 0.717) is 12.2 Å². The molecule has 178 valence electrons. The molecule has 6 heteroatoms. The summed E-state index contributed by atoms with van der Waals surface area (Å²) >= 11 is 0. The number of nitrogens with zero attached hydrogens (tertiary/aromatic N) is 5. The van der Waals surface area contributed by atoms with Crippen molar-refractivity contribution in [1.82, 2.24) is 0 Å². The van der Waals surface area contributed by atoms with Crippen LogP contribution < -0.4 is 9.64 Å². The Labute approximate surface area is 212 Å². The molecule has 1 heterocycles. The first-order valence-electron chi connectivity index (χ1n) is 12.0. The van der Waals surface area contributed by atoms with Crippen molar-refractivity contribution in [2.75, 3.05) is 18.0 Å². The molecule has 1 unspecified atom stereocenters. The maximum absolute atomic E-state index is 9.39. The molecule has 0 saturated carbocycles. The predicted molar refractivity (Wildman–Crippen MR) is 143 cm³/mol. The lowest BCUT2D eigenvalue weighted by molar-refractivity contribution is 0.246. The lowest BCUT2D eigenvalue weighted by atomic mass is 9.92. The van der Waals surface area contributed by atoms with Crippen molar-refractivity contribution < 1.29 is 4.74 Å². The van der Waals surface area contributed by atoms with E-state index in [0.717, 1.165) is 41.2 Å². The summed E-state index contributed by atoms with van der Waals surface area (Å²) in [4.78, 5) is 2.29. The van der Waals surface area contributed by atoms with Crippen LogP contribution in [0.25, 0.3) is 11.6 Å². The maximum atomic E-state index is 9.39. The van der Waals surface area contributed by atoms with Gasteiger partial charge in [-0.2, -0.15) is 20.8 Å². The van der Waals surface area contributed by atoms with Gasteiger partial charge in [-0.3, -0.25) is 0 Å². The molecule has 0 bridgehead atoms. The molecule has 6 nitrogen and oxygen atoms in total. The van der Waals surface area contributed by atoms with Crippen molar-refractivity contribution in [3.05, 3.63) is 95.6 Å². The number of rotatable bonds is 7. The summed E-state index contributed by atoms with van der Waals surface area (Å²) < 4.78 is 6.10. The molecule has 0 amide bonds. The second kappa shape index (κ2) is 11.6. The number of benzene rings is 3. The summed E-state index contributed by atoms with van der Waals surface area (Å²) in [5.74, 6) is 0.678. The van der Waals surface area contributed by atoms with Crippen molar-refractivity contribution in [2.45, 2.75) is 26.4 Å². The molecule has 3 aromatic carbocycles. The van der Waals surface area contributed by atoms with E-state index in [1.165, 1.54) is 5.69 Å². The molecular formula is C30H27N5O. The zero-order chi connectivity index (χ0) is 25.3. The van der Waals surface area contributed by atoms with Gasteiger partial charge in [0.1, 0.15) is 29.6 Å². The van der Waals surface area contributed by atoms with Gasteiger partial charge in [-0.05, 0) is 73.5 Å². The van der Waals surface area contributed by atoms with Crippen LogP contribution in [-0.2, 0) is 0 Å². The molecular weight excluding hydrogens is 446 g/mol. The fraction of sp³-hybridized carbons (Fsp3) is 0.200. The van der Waals surface area contributed by atoms with Crippen molar-refractivity contribution in [3.8, 4) is 17.9 Å². The molecule has 36 heavy (non-hydrogen) atoms. The van der Waals surface area contributed by atoms with Gasteiger partial charge in [-0.25, -0.2) is 0 Å². The third kappa shape index (κ3) is 5.68. The number of azo groups is 1. The minimum absolute atomic E-state index is 0.126. The van der Waals surface area contributed by atoms with Crippen molar-refractivity contribution in [2.24, 2.45) is 10.2 Å². The van der Waals surface area contributed by atoms with E-state index in [2.05, 4.69) is 41.1 Å². The second-order valence-corrected chi connectivity index (χ2v) is 8.27. The zero-order valence-corrected chi connectivity index (χ0v) is 20.4. The van der Waals surface area contributed by atoms with E-state index in [4.69, 9.17) is 4.74 Å². The summed E-state index contributed by atoms with van der Waals surface area (Å²) in [7, 11) is 0. The van der Waals surface area contributed by atoms with Gasteiger partial charge in [-0.15, -0.1) is 0 Å². The molecule has 0 N–H and O–H groups in total. The molecule has 4 rings (SSSR count). The van der Waals surface area contributed by atoms with Crippen LogP contribution in [0.15, 0.2) is 94.7 Å². The van der Waals surface area contributed by atoms with E-state index in [9.17, 15) is 10.5 Å². The lowest BCUT2D eigenvalue weighted by Gasteiger charge is -2.26. The van der Waals surface area contributed by atoms with E-state index in [-0.39, 0.29) is 11.7 Å². The average molecular weight is 474 g/mol. The summed E-state index contributed by atoms with van der Waals surface area (Å²) in [5.41, 5.74) is 5.39. The molecule has 0 aliphatic carbocycles. The van der Waals surface area contributed by atoms with E-state index >= 15 is 0 Å². The summed E-state index contributed by atoms with van der Waals surface area (Å²) in [6.07, 6.45) is 4.12. The van der Waals surface area contributed by atoms with Crippen molar-refractivity contribution in [1.29, 1.82) is 10.5 Å². The molecule has 1 aliphatic rings. The fourth-order valence-corrected chi connectivity index (χ4v) is 4.14. The first-order chi connectivity index (χ1) is 17.6. The second-order valence-electron chi connectivity index (χ2n) is 8.27. The Morgan fingerprint density at radius 1 is 0.917 bits per heavy atom. The standard InChI is InChI=1S/C30H27N5O/c1-3-35(4-2)26-16-14-25(15-17-26)34-33-24-12-9-22(10-13-24)11-18-27-19-29(23(20-31)21-32)28-7-5-6-8-30(28)36-27/h5-18,27H,3-4,19H2,1-2H3/b18-11+,34-33?. The third-order valence-corrected chi connectivity index (χ3v) is 6.08.